The lowest BCUT2D eigenvalue weighted by Gasteiger charge is -2.42. The summed E-state index contributed by atoms with van der Waals surface area (Å²) in [6, 6.07) is 0.160. The van der Waals surface area contributed by atoms with E-state index < -0.39 is 52.0 Å². The van der Waals surface area contributed by atoms with E-state index in [2.05, 4.69) is 20.2 Å². The van der Waals surface area contributed by atoms with Gasteiger partial charge in [0.15, 0.2) is 5.82 Å². The number of hydrogen-bond acceptors (Lipinski definition) is 10. The van der Waals surface area contributed by atoms with E-state index in [9.17, 15) is 22.4 Å². The van der Waals surface area contributed by atoms with Gasteiger partial charge in [-0.05, 0) is 51.2 Å². The molecule has 0 radical (unpaired) electrons. The highest BCUT2D eigenvalue weighted by molar-refractivity contribution is 5.97. The zero-order valence-corrected chi connectivity index (χ0v) is 26.6. The van der Waals surface area contributed by atoms with E-state index in [-0.39, 0.29) is 65.5 Å². The molecular weight excluding hydrogens is 639 g/mol. The molecule has 4 fully saturated rings. The molecule has 0 spiro atoms. The van der Waals surface area contributed by atoms with Crippen molar-refractivity contribution < 1.29 is 36.2 Å². The molecular formula is C32H35F5N8O3. The molecule has 0 aliphatic carbocycles. The summed E-state index contributed by atoms with van der Waals surface area (Å²) < 4.78 is 87.3. The van der Waals surface area contributed by atoms with Crippen LogP contribution in [0.25, 0.3) is 22.2 Å². The van der Waals surface area contributed by atoms with Crippen molar-refractivity contribution in [3.8, 4) is 23.1 Å². The van der Waals surface area contributed by atoms with Gasteiger partial charge in [-0.1, -0.05) is 0 Å². The van der Waals surface area contributed by atoms with Gasteiger partial charge in [-0.15, -0.1) is 0 Å². The van der Waals surface area contributed by atoms with Crippen molar-refractivity contribution in [2.45, 2.75) is 82.0 Å². The second kappa shape index (κ2) is 11.0. The van der Waals surface area contributed by atoms with Crippen molar-refractivity contribution in [3.05, 3.63) is 28.8 Å². The first-order valence-corrected chi connectivity index (χ1v) is 16.2. The number of nitrogen functional groups attached to an aromatic ring is 1. The molecule has 3 N–H and O–H groups in total. The van der Waals surface area contributed by atoms with Gasteiger partial charge in [0.25, 0.3) is 0 Å². The molecule has 7 heterocycles. The van der Waals surface area contributed by atoms with Gasteiger partial charge in [-0.3, -0.25) is 9.69 Å². The Morgan fingerprint density at radius 1 is 1.10 bits per heavy atom. The Balaban J connectivity index is 1.28. The number of carbonyl (C=O) groups excluding carboxylic acids is 1. The standard InChI is InChI=1S/C32H35F5N8O3/c1-13-22(32(35,36)37)17(10-18(38)23(13)33)25-24(34)26-21-28(45-11-15-4-6-19(39-15)27(45)14(2)48-29(21)40-25)42-31(41-26)47-12-16-5-7-20-30(46)43(3)8-9-44(16)20/h10,14-16,19-20,27,39H,4-9,11-12,38H2,1-3H3/t14-,15+,16+,19-,20+,27+/m0/s1. The van der Waals surface area contributed by atoms with E-state index in [1.165, 1.54) is 0 Å². The first kappa shape index (κ1) is 31.2. The number of nitrogens with two attached hydrogens (primary N) is 1. The summed E-state index contributed by atoms with van der Waals surface area (Å²) >= 11 is 0. The number of aromatic nitrogens is 3. The molecule has 0 saturated carbocycles. The molecule has 3 aromatic rings. The van der Waals surface area contributed by atoms with Crippen LogP contribution in [0.1, 0.15) is 43.7 Å². The maximum Gasteiger partial charge on any atom is 0.417 e. The molecule has 11 nitrogen and oxygen atoms in total. The number of carbonyl (C=O) groups is 1. The zero-order valence-electron chi connectivity index (χ0n) is 26.6. The molecule has 1 amide bonds. The van der Waals surface area contributed by atoms with E-state index in [0.29, 0.717) is 38.3 Å². The Morgan fingerprint density at radius 2 is 1.90 bits per heavy atom. The number of anilines is 2. The summed E-state index contributed by atoms with van der Waals surface area (Å²) in [6.45, 7) is 4.70. The largest absolute Gasteiger partial charge is 0.472 e. The highest BCUT2D eigenvalue weighted by atomic mass is 19.4. The molecule has 5 aliphatic rings. The first-order valence-electron chi connectivity index (χ1n) is 16.2. The molecule has 0 unspecified atom stereocenters. The number of ether oxygens (including phenoxy) is 2. The smallest absolute Gasteiger partial charge is 0.417 e. The van der Waals surface area contributed by atoms with Crippen LogP contribution < -0.4 is 25.4 Å². The Labute approximate surface area is 272 Å². The fourth-order valence-electron chi connectivity index (χ4n) is 8.42. The van der Waals surface area contributed by atoms with Crippen LogP contribution in [0.15, 0.2) is 6.07 Å². The molecule has 1 aromatic carbocycles. The Kier molecular flexibility index (Phi) is 7.15. The second-order valence-electron chi connectivity index (χ2n) is 13.5. The van der Waals surface area contributed by atoms with Gasteiger partial charge >= 0.3 is 12.2 Å². The van der Waals surface area contributed by atoms with Crippen molar-refractivity contribution in [2.75, 3.05) is 43.9 Å². The second-order valence-corrected chi connectivity index (χ2v) is 13.5. The SMILES string of the molecule is Cc1c(F)c(N)cc(-c2nc3c4c(nc(OC[C@H]5CC[C@@H]6C(=O)N(C)CCN56)nc4c2F)N2C[C@H]4CC[C@H](N4)[C@H]2[C@H](C)O3)c1C(F)(F)F. The van der Waals surface area contributed by atoms with Crippen molar-refractivity contribution in [1.82, 2.24) is 30.1 Å². The summed E-state index contributed by atoms with van der Waals surface area (Å²) in [5.74, 6) is -2.17. The van der Waals surface area contributed by atoms with Crippen LogP contribution in [-0.2, 0) is 11.0 Å². The number of amides is 1. The average molecular weight is 675 g/mol. The van der Waals surface area contributed by atoms with Crippen LogP contribution in [0.2, 0.25) is 0 Å². The average Bonchev–Trinajstić information content (AvgIpc) is 3.60. The highest BCUT2D eigenvalue weighted by Gasteiger charge is 2.48. The van der Waals surface area contributed by atoms with Gasteiger partial charge in [0.1, 0.15) is 40.9 Å². The van der Waals surface area contributed by atoms with E-state index in [4.69, 9.17) is 20.2 Å². The minimum atomic E-state index is -5.06. The molecule has 16 heteroatoms. The first-order chi connectivity index (χ1) is 22.8. The summed E-state index contributed by atoms with van der Waals surface area (Å²) in [7, 11) is 1.78. The predicted molar refractivity (Wildman–Crippen MR) is 165 cm³/mol. The third-order valence-corrected chi connectivity index (χ3v) is 10.7. The van der Waals surface area contributed by atoms with Crippen molar-refractivity contribution in [3.63, 3.8) is 0 Å². The number of pyridine rings is 1. The number of piperazine rings is 2. The minimum Gasteiger partial charge on any atom is -0.472 e. The van der Waals surface area contributed by atoms with Gasteiger partial charge in [-0.25, -0.2) is 13.8 Å². The van der Waals surface area contributed by atoms with Crippen molar-refractivity contribution in [1.29, 1.82) is 0 Å². The lowest BCUT2D eigenvalue weighted by Crippen LogP contribution is -2.62. The predicted octanol–water partition coefficient (Wildman–Crippen LogP) is 3.65. The number of halogens is 5. The van der Waals surface area contributed by atoms with Crippen LogP contribution in [0.3, 0.4) is 0 Å². The molecule has 8 rings (SSSR count). The molecule has 2 aromatic heterocycles. The topological polar surface area (TPSA) is 122 Å². The van der Waals surface area contributed by atoms with Gasteiger partial charge < -0.3 is 30.3 Å². The van der Waals surface area contributed by atoms with E-state index in [0.717, 1.165) is 25.8 Å². The van der Waals surface area contributed by atoms with Gasteiger partial charge in [0, 0.05) is 50.4 Å². The van der Waals surface area contributed by atoms with Crippen LogP contribution in [0.4, 0.5) is 33.5 Å². The van der Waals surface area contributed by atoms with Gasteiger partial charge in [-0.2, -0.15) is 23.1 Å². The summed E-state index contributed by atoms with van der Waals surface area (Å²) in [6.07, 6.45) is -2.40. The molecule has 5 aliphatic heterocycles. The fraction of sp³-hybridized carbons (Fsp3) is 0.562. The number of hydrogen-bond donors (Lipinski definition) is 2. The molecule has 6 atom stereocenters. The highest BCUT2D eigenvalue weighted by Crippen LogP contribution is 2.47. The molecule has 2 bridgehead atoms. The number of fused-ring (bicyclic) bond motifs is 6. The van der Waals surface area contributed by atoms with Crippen molar-refractivity contribution >= 4 is 28.3 Å². The molecule has 256 valence electrons. The Bertz CT molecular complexity index is 1840. The van der Waals surface area contributed by atoms with Crippen LogP contribution >= 0.6 is 0 Å². The Hall–Kier alpha value is -4.05. The lowest BCUT2D eigenvalue weighted by molar-refractivity contribution is -0.139. The minimum absolute atomic E-state index is 0.0216. The number of alkyl halides is 3. The summed E-state index contributed by atoms with van der Waals surface area (Å²) in [4.78, 5) is 32.1. The van der Waals surface area contributed by atoms with Crippen LogP contribution in [0.5, 0.6) is 11.9 Å². The Morgan fingerprint density at radius 3 is 2.67 bits per heavy atom. The zero-order chi connectivity index (χ0) is 33.8. The van der Waals surface area contributed by atoms with Crippen molar-refractivity contribution in [2.24, 2.45) is 0 Å². The number of nitrogens with one attached hydrogen (secondary N) is 1. The normalized spacial score (nSPS) is 28.4. The van der Waals surface area contributed by atoms with Crippen LogP contribution in [-0.4, -0.2) is 100 Å². The molecule has 48 heavy (non-hydrogen) atoms. The van der Waals surface area contributed by atoms with E-state index >= 15 is 4.39 Å². The fourth-order valence-corrected chi connectivity index (χ4v) is 8.42. The van der Waals surface area contributed by atoms with E-state index in [1.807, 2.05) is 11.8 Å². The summed E-state index contributed by atoms with van der Waals surface area (Å²) in [5.41, 5.74) is 1.24. The quantitative estimate of drug-likeness (QED) is 0.314. The maximum atomic E-state index is 16.8. The number of nitrogens with zero attached hydrogens (tertiary/aromatic N) is 6. The number of benzene rings is 1. The monoisotopic (exact) mass is 674 g/mol. The molecule has 4 saturated heterocycles. The third kappa shape index (κ3) is 4.73. The van der Waals surface area contributed by atoms with Gasteiger partial charge in [0.05, 0.1) is 23.3 Å². The lowest BCUT2D eigenvalue weighted by atomic mass is 9.96. The number of rotatable bonds is 4. The summed E-state index contributed by atoms with van der Waals surface area (Å²) in [5, 5.41) is 3.72. The van der Waals surface area contributed by atoms with E-state index in [1.54, 1.807) is 11.9 Å². The third-order valence-electron chi connectivity index (χ3n) is 10.7. The maximum absolute atomic E-state index is 16.8. The number of likely N-dealkylation sites (N-methyl/N-ethyl adjacent to an activating group) is 1. The van der Waals surface area contributed by atoms with Gasteiger partial charge in [0.2, 0.25) is 11.8 Å². The van der Waals surface area contributed by atoms with Crippen LogP contribution in [0, 0.1) is 18.6 Å².